The van der Waals surface area contributed by atoms with E-state index >= 15 is 0 Å². The summed E-state index contributed by atoms with van der Waals surface area (Å²) in [5, 5.41) is 9.07. The fourth-order valence-corrected chi connectivity index (χ4v) is 2.32. The molecule has 0 aliphatic carbocycles. The van der Waals surface area contributed by atoms with Crippen LogP contribution in [0.25, 0.3) is 0 Å². The molecule has 0 fully saturated rings. The van der Waals surface area contributed by atoms with Crippen LogP contribution in [-0.2, 0) is 6.54 Å². The van der Waals surface area contributed by atoms with Crippen LogP contribution in [0.4, 0.5) is 0 Å². The van der Waals surface area contributed by atoms with Crippen LogP contribution in [0.15, 0.2) is 18.2 Å². The molecule has 4 heteroatoms. The fourth-order valence-electron chi connectivity index (χ4n) is 2.32. The van der Waals surface area contributed by atoms with Gasteiger partial charge in [-0.1, -0.05) is 19.9 Å². The zero-order chi connectivity index (χ0) is 15.3. The Morgan fingerprint density at radius 3 is 2.50 bits per heavy atom. The molecule has 0 spiro atoms. The SMILES string of the molecule is COc1cc(CN(C)C(C)CC(C)C)ccc1C(=O)O. The molecule has 0 saturated carbocycles. The van der Waals surface area contributed by atoms with Crippen molar-refractivity contribution in [2.45, 2.75) is 39.8 Å². The van der Waals surface area contributed by atoms with Gasteiger partial charge in [0.15, 0.2) is 0 Å². The maximum atomic E-state index is 11.1. The Kier molecular flexibility index (Phi) is 6.02. The Morgan fingerprint density at radius 2 is 2.00 bits per heavy atom. The number of methoxy groups -OCH3 is 1. The molecule has 0 aliphatic heterocycles. The molecule has 1 rings (SSSR count). The van der Waals surface area contributed by atoms with Crippen molar-refractivity contribution >= 4 is 5.97 Å². The number of nitrogens with zero attached hydrogens (tertiary/aromatic N) is 1. The van der Waals surface area contributed by atoms with E-state index in [1.807, 2.05) is 12.1 Å². The number of ether oxygens (including phenoxy) is 1. The van der Waals surface area contributed by atoms with Crippen LogP contribution >= 0.6 is 0 Å². The number of carboxylic acids is 1. The van der Waals surface area contributed by atoms with E-state index in [9.17, 15) is 4.79 Å². The Labute approximate surface area is 121 Å². The zero-order valence-electron chi connectivity index (χ0n) is 13.0. The molecule has 1 atom stereocenters. The number of aromatic carboxylic acids is 1. The lowest BCUT2D eigenvalue weighted by molar-refractivity contribution is 0.0693. The lowest BCUT2D eigenvalue weighted by Gasteiger charge is -2.26. The molecule has 1 aromatic rings. The van der Waals surface area contributed by atoms with Crippen molar-refractivity contribution in [3.8, 4) is 5.75 Å². The van der Waals surface area contributed by atoms with Crippen molar-refractivity contribution in [1.29, 1.82) is 0 Å². The smallest absolute Gasteiger partial charge is 0.339 e. The van der Waals surface area contributed by atoms with Gasteiger partial charge in [-0.05, 0) is 44.0 Å². The third-order valence-electron chi connectivity index (χ3n) is 3.49. The maximum absolute atomic E-state index is 11.1. The molecule has 0 bridgehead atoms. The Balaban J connectivity index is 2.80. The minimum Gasteiger partial charge on any atom is -0.496 e. The third kappa shape index (κ3) is 4.53. The molecule has 0 saturated heterocycles. The van der Waals surface area contributed by atoms with E-state index in [0.29, 0.717) is 17.7 Å². The van der Waals surface area contributed by atoms with E-state index in [1.54, 1.807) is 6.07 Å². The molecule has 1 unspecified atom stereocenters. The van der Waals surface area contributed by atoms with Gasteiger partial charge in [-0.15, -0.1) is 0 Å². The quantitative estimate of drug-likeness (QED) is 0.832. The van der Waals surface area contributed by atoms with Crippen LogP contribution in [0, 0.1) is 5.92 Å². The first kappa shape index (κ1) is 16.5. The van der Waals surface area contributed by atoms with E-state index in [1.165, 1.54) is 7.11 Å². The van der Waals surface area contributed by atoms with Crippen LogP contribution in [0.2, 0.25) is 0 Å². The molecule has 1 aromatic carbocycles. The van der Waals surface area contributed by atoms with Gasteiger partial charge in [-0.3, -0.25) is 4.90 Å². The van der Waals surface area contributed by atoms with E-state index in [-0.39, 0.29) is 5.56 Å². The molecule has 4 nitrogen and oxygen atoms in total. The highest BCUT2D eigenvalue weighted by Gasteiger charge is 2.14. The first-order chi connectivity index (χ1) is 9.35. The standard InChI is InChI=1S/C16H25NO3/c1-11(2)8-12(3)17(4)10-13-6-7-14(16(18)19)15(9-13)20-5/h6-7,9,11-12H,8,10H2,1-5H3,(H,18,19). The lowest BCUT2D eigenvalue weighted by Crippen LogP contribution is -2.29. The molecule has 1 N–H and O–H groups in total. The highest BCUT2D eigenvalue weighted by Crippen LogP contribution is 2.22. The van der Waals surface area contributed by atoms with E-state index in [4.69, 9.17) is 9.84 Å². The summed E-state index contributed by atoms with van der Waals surface area (Å²) in [5.74, 6) is 0.117. The van der Waals surface area contributed by atoms with Crippen molar-refractivity contribution in [1.82, 2.24) is 4.90 Å². The van der Waals surface area contributed by atoms with Gasteiger partial charge in [0.05, 0.1) is 7.11 Å². The highest BCUT2D eigenvalue weighted by molar-refractivity contribution is 5.90. The summed E-state index contributed by atoms with van der Waals surface area (Å²) in [5.41, 5.74) is 1.26. The number of carboxylic acid groups (broad SMARTS) is 1. The van der Waals surface area contributed by atoms with Crippen LogP contribution in [0.5, 0.6) is 5.75 Å². The Hall–Kier alpha value is -1.55. The molecule has 112 valence electrons. The summed E-state index contributed by atoms with van der Waals surface area (Å²) >= 11 is 0. The summed E-state index contributed by atoms with van der Waals surface area (Å²) in [6.07, 6.45) is 1.14. The fraction of sp³-hybridized carbons (Fsp3) is 0.562. The van der Waals surface area contributed by atoms with Crippen LogP contribution in [0.3, 0.4) is 0 Å². The van der Waals surface area contributed by atoms with Crippen molar-refractivity contribution < 1.29 is 14.6 Å². The zero-order valence-corrected chi connectivity index (χ0v) is 13.0. The second-order valence-electron chi connectivity index (χ2n) is 5.73. The minimum absolute atomic E-state index is 0.203. The van der Waals surface area contributed by atoms with Gasteiger partial charge in [0.1, 0.15) is 11.3 Å². The van der Waals surface area contributed by atoms with Crippen LogP contribution < -0.4 is 4.74 Å². The summed E-state index contributed by atoms with van der Waals surface area (Å²) in [6, 6.07) is 5.75. The van der Waals surface area contributed by atoms with Crippen molar-refractivity contribution in [2.75, 3.05) is 14.2 Å². The van der Waals surface area contributed by atoms with Gasteiger partial charge in [-0.25, -0.2) is 4.79 Å². The number of hydrogen-bond acceptors (Lipinski definition) is 3. The normalized spacial score (nSPS) is 12.8. The molecule has 0 aliphatic rings. The number of carbonyl (C=O) groups is 1. The second-order valence-corrected chi connectivity index (χ2v) is 5.73. The average Bonchev–Trinajstić information content (AvgIpc) is 2.37. The highest BCUT2D eigenvalue weighted by atomic mass is 16.5. The molecular formula is C16H25NO3. The van der Waals surface area contributed by atoms with Crippen molar-refractivity contribution in [3.63, 3.8) is 0 Å². The first-order valence-corrected chi connectivity index (χ1v) is 6.95. The summed E-state index contributed by atoms with van der Waals surface area (Å²) in [6.45, 7) is 7.43. The van der Waals surface area contributed by atoms with Gasteiger partial charge in [0.2, 0.25) is 0 Å². The van der Waals surface area contributed by atoms with Gasteiger partial charge < -0.3 is 9.84 Å². The van der Waals surface area contributed by atoms with Gasteiger partial charge in [-0.2, -0.15) is 0 Å². The summed E-state index contributed by atoms with van der Waals surface area (Å²) in [7, 11) is 3.58. The van der Waals surface area contributed by atoms with Gasteiger partial charge >= 0.3 is 5.97 Å². The van der Waals surface area contributed by atoms with E-state index in [2.05, 4.69) is 32.7 Å². The average molecular weight is 279 g/mol. The minimum atomic E-state index is -0.963. The molecular weight excluding hydrogens is 254 g/mol. The molecule has 0 amide bonds. The second kappa shape index (κ2) is 7.29. The monoisotopic (exact) mass is 279 g/mol. The Morgan fingerprint density at radius 1 is 1.35 bits per heavy atom. The number of hydrogen-bond donors (Lipinski definition) is 1. The van der Waals surface area contributed by atoms with Crippen molar-refractivity contribution in [2.24, 2.45) is 5.92 Å². The van der Waals surface area contributed by atoms with Crippen LogP contribution in [-0.4, -0.2) is 36.2 Å². The lowest BCUT2D eigenvalue weighted by atomic mass is 10.0. The predicted molar refractivity (Wildman–Crippen MR) is 80.3 cm³/mol. The molecule has 0 heterocycles. The van der Waals surface area contributed by atoms with Crippen LogP contribution in [0.1, 0.15) is 43.1 Å². The molecule has 20 heavy (non-hydrogen) atoms. The number of benzene rings is 1. The number of rotatable bonds is 7. The van der Waals surface area contributed by atoms with E-state index < -0.39 is 5.97 Å². The largest absolute Gasteiger partial charge is 0.496 e. The third-order valence-corrected chi connectivity index (χ3v) is 3.49. The predicted octanol–water partition coefficient (Wildman–Crippen LogP) is 3.26. The van der Waals surface area contributed by atoms with Gasteiger partial charge in [0.25, 0.3) is 0 Å². The van der Waals surface area contributed by atoms with Gasteiger partial charge in [0, 0.05) is 12.6 Å². The topological polar surface area (TPSA) is 49.8 Å². The maximum Gasteiger partial charge on any atom is 0.339 e. The molecule has 0 radical (unpaired) electrons. The van der Waals surface area contributed by atoms with Crippen molar-refractivity contribution in [3.05, 3.63) is 29.3 Å². The molecule has 0 aromatic heterocycles. The Bertz CT molecular complexity index is 457. The summed E-state index contributed by atoms with van der Waals surface area (Å²) in [4.78, 5) is 13.3. The van der Waals surface area contributed by atoms with E-state index in [0.717, 1.165) is 18.5 Å². The summed E-state index contributed by atoms with van der Waals surface area (Å²) < 4.78 is 5.15. The first-order valence-electron chi connectivity index (χ1n) is 6.95.